The number of nitrogens with one attached hydrogen (secondary N) is 1. The molecule has 0 aliphatic rings. The molecule has 0 aliphatic carbocycles. The number of alkyl carbamates (subject to hydrolysis) is 1. The molecular formula is C18H23NO3. The number of amides is 1. The number of carbonyl (C=O) groups excluding carboxylic acids is 1. The van der Waals surface area contributed by atoms with E-state index in [1.165, 1.54) is 0 Å². The molecule has 0 heterocycles. The number of hydrogen-bond donors (Lipinski definition) is 2. The highest BCUT2D eigenvalue weighted by atomic mass is 16.6. The van der Waals surface area contributed by atoms with E-state index >= 15 is 0 Å². The largest absolute Gasteiger partial charge is 0.444 e. The lowest BCUT2D eigenvalue weighted by molar-refractivity contribution is 0.0436. The maximum Gasteiger partial charge on any atom is 0.407 e. The first-order valence-electron chi connectivity index (χ1n) is 7.42. The van der Waals surface area contributed by atoms with Gasteiger partial charge in [0.05, 0.1) is 12.1 Å². The second-order valence-corrected chi connectivity index (χ2v) is 6.49. The van der Waals surface area contributed by atoms with Gasteiger partial charge in [-0.1, -0.05) is 36.4 Å². The third-order valence-corrected chi connectivity index (χ3v) is 3.33. The van der Waals surface area contributed by atoms with E-state index in [9.17, 15) is 9.90 Å². The smallest absolute Gasteiger partial charge is 0.407 e. The number of rotatable bonds is 3. The molecule has 0 unspecified atom stereocenters. The van der Waals surface area contributed by atoms with Gasteiger partial charge in [-0.2, -0.15) is 0 Å². The van der Waals surface area contributed by atoms with Crippen molar-refractivity contribution < 1.29 is 14.6 Å². The lowest BCUT2D eigenvalue weighted by Crippen LogP contribution is -2.40. The molecule has 2 aromatic carbocycles. The molecule has 0 saturated heterocycles. The van der Waals surface area contributed by atoms with Crippen LogP contribution in [0.1, 0.15) is 39.4 Å². The summed E-state index contributed by atoms with van der Waals surface area (Å²) in [6.07, 6.45) is -1.32. The monoisotopic (exact) mass is 301 g/mol. The maximum atomic E-state index is 11.8. The number of carbonyl (C=O) groups is 1. The van der Waals surface area contributed by atoms with Crippen LogP contribution in [-0.4, -0.2) is 22.8 Å². The number of benzene rings is 2. The van der Waals surface area contributed by atoms with Crippen LogP contribution in [0.15, 0.2) is 42.5 Å². The first-order valence-corrected chi connectivity index (χ1v) is 7.42. The lowest BCUT2D eigenvalue weighted by Gasteiger charge is -2.24. The normalized spacial score (nSPS) is 14.4. The fraction of sp³-hybridized carbons (Fsp3) is 0.389. The molecule has 0 aliphatic heterocycles. The van der Waals surface area contributed by atoms with Crippen molar-refractivity contribution in [3.63, 3.8) is 0 Å². The van der Waals surface area contributed by atoms with Gasteiger partial charge in [-0.3, -0.25) is 0 Å². The molecule has 2 rings (SSSR count). The first kappa shape index (κ1) is 16.3. The molecule has 2 N–H and O–H groups in total. The van der Waals surface area contributed by atoms with Gasteiger partial charge in [-0.25, -0.2) is 4.79 Å². The molecule has 4 nitrogen and oxygen atoms in total. The summed E-state index contributed by atoms with van der Waals surface area (Å²) in [5.74, 6) is 0. The quantitative estimate of drug-likeness (QED) is 0.907. The highest BCUT2D eigenvalue weighted by Gasteiger charge is 2.22. The van der Waals surface area contributed by atoms with Crippen molar-refractivity contribution in [2.24, 2.45) is 0 Å². The summed E-state index contributed by atoms with van der Waals surface area (Å²) >= 11 is 0. The van der Waals surface area contributed by atoms with Crippen LogP contribution >= 0.6 is 0 Å². The molecule has 22 heavy (non-hydrogen) atoms. The summed E-state index contributed by atoms with van der Waals surface area (Å²) in [4.78, 5) is 11.8. The zero-order valence-electron chi connectivity index (χ0n) is 13.5. The Bertz CT molecular complexity index is 661. The Morgan fingerprint density at radius 2 is 1.77 bits per heavy atom. The van der Waals surface area contributed by atoms with Crippen LogP contribution in [0.4, 0.5) is 4.79 Å². The summed E-state index contributed by atoms with van der Waals surface area (Å²) in [6.45, 7) is 7.16. The van der Waals surface area contributed by atoms with Crippen molar-refractivity contribution >= 4 is 16.9 Å². The summed E-state index contributed by atoms with van der Waals surface area (Å²) in [6, 6.07) is 13.3. The average molecular weight is 301 g/mol. The van der Waals surface area contributed by atoms with Gasteiger partial charge < -0.3 is 15.2 Å². The van der Waals surface area contributed by atoms with Gasteiger partial charge in [0.2, 0.25) is 0 Å². The van der Waals surface area contributed by atoms with E-state index in [1.54, 1.807) is 27.7 Å². The summed E-state index contributed by atoms with van der Waals surface area (Å²) in [5, 5.41) is 15.3. The number of aliphatic hydroxyl groups is 1. The average Bonchev–Trinajstić information content (AvgIpc) is 2.43. The van der Waals surface area contributed by atoms with Crippen molar-refractivity contribution in [3.05, 3.63) is 48.0 Å². The summed E-state index contributed by atoms with van der Waals surface area (Å²) in [5.41, 5.74) is 0.208. The fourth-order valence-electron chi connectivity index (χ4n) is 2.25. The second-order valence-electron chi connectivity index (χ2n) is 6.49. The molecular weight excluding hydrogens is 278 g/mol. The Morgan fingerprint density at radius 1 is 1.14 bits per heavy atom. The maximum absolute atomic E-state index is 11.8. The molecule has 0 spiro atoms. The molecule has 118 valence electrons. The van der Waals surface area contributed by atoms with Gasteiger partial charge in [0.15, 0.2) is 0 Å². The fourth-order valence-corrected chi connectivity index (χ4v) is 2.25. The van der Waals surface area contributed by atoms with Crippen molar-refractivity contribution in [3.8, 4) is 0 Å². The van der Waals surface area contributed by atoms with Crippen LogP contribution in [0.2, 0.25) is 0 Å². The van der Waals surface area contributed by atoms with Crippen molar-refractivity contribution in [1.82, 2.24) is 5.32 Å². The lowest BCUT2D eigenvalue weighted by atomic mass is 10.00. The van der Waals surface area contributed by atoms with E-state index in [2.05, 4.69) is 5.32 Å². The molecule has 1 amide bonds. The minimum absolute atomic E-state index is 0.448. The van der Waals surface area contributed by atoms with Crippen molar-refractivity contribution in [2.75, 3.05) is 0 Å². The van der Waals surface area contributed by atoms with E-state index in [4.69, 9.17) is 4.74 Å². The van der Waals surface area contributed by atoms with E-state index in [-0.39, 0.29) is 0 Å². The SMILES string of the molecule is C[C@H](NC(=O)OC(C)(C)C)[C@H](O)c1ccc2ccccc2c1. The molecule has 0 radical (unpaired) electrons. The van der Waals surface area contributed by atoms with E-state index in [1.807, 2.05) is 42.5 Å². The topological polar surface area (TPSA) is 58.6 Å². The molecule has 4 heteroatoms. The standard InChI is InChI=1S/C18H23NO3/c1-12(19-17(21)22-18(2,3)4)16(20)15-10-9-13-7-5-6-8-14(13)11-15/h5-12,16,20H,1-4H3,(H,19,21)/t12-,16-/m0/s1. The Balaban J connectivity index is 2.08. The molecule has 0 bridgehead atoms. The number of hydrogen-bond acceptors (Lipinski definition) is 3. The minimum atomic E-state index is -0.794. The molecule has 2 aromatic rings. The van der Waals surface area contributed by atoms with E-state index in [0.29, 0.717) is 0 Å². The number of ether oxygens (including phenoxy) is 1. The zero-order chi connectivity index (χ0) is 16.3. The molecule has 0 fully saturated rings. The Labute approximate surface area is 131 Å². The van der Waals surface area contributed by atoms with Gasteiger partial charge in [-0.15, -0.1) is 0 Å². The van der Waals surface area contributed by atoms with Gasteiger partial charge in [0.25, 0.3) is 0 Å². The van der Waals surface area contributed by atoms with Gasteiger partial charge in [0.1, 0.15) is 5.60 Å². The third-order valence-electron chi connectivity index (χ3n) is 3.33. The van der Waals surface area contributed by atoms with Crippen LogP contribution in [0.5, 0.6) is 0 Å². The van der Waals surface area contributed by atoms with Crippen LogP contribution in [-0.2, 0) is 4.74 Å². The van der Waals surface area contributed by atoms with E-state index < -0.39 is 23.8 Å². The van der Waals surface area contributed by atoms with Crippen molar-refractivity contribution in [2.45, 2.75) is 45.4 Å². The van der Waals surface area contributed by atoms with Crippen LogP contribution in [0, 0.1) is 0 Å². The van der Waals surface area contributed by atoms with E-state index in [0.717, 1.165) is 16.3 Å². The summed E-state index contributed by atoms with van der Waals surface area (Å²) < 4.78 is 5.20. The Hall–Kier alpha value is -2.07. The predicted molar refractivity (Wildman–Crippen MR) is 87.7 cm³/mol. The predicted octanol–water partition coefficient (Wildman–Crippen LogP) is 3.79. The van der Waals surface area contributed by atoms with Gasteiger partial charge >= 0.3 is 6.09 Å². The highest BCUT2D eigenvalue weighted by Crippen LogP contribution is 2.22. The highest BCUT2D eigenvalue weighted by molar-refractivity contribution is 5.83. The molecule has 0 aromatic heterocycles. The summed E-state index contributed by atoms with van der Waals surface area (Å²) in [7, 11) is 0. The van der Waals surface area contributed by atoms with Gasteiger partial charge in [-0.05, 0) is 50.1 Å². The molecule has 2 atom stereocenters. The zero-order valence-corrected chi connectivity index (χ0v) is 13.5. The van der Waals surface area contributed by atoms with Crippen LogP contribution in [0.25, 0.3) is 10.8 Å². The van der Waals surface area contributed by atoms with Crippen LogP contribution < -0.4 is 5.32 Å². The van der Waals surface area contributed by atoms with Gasteiger partial charge in [0, 0.05) is 0 Å². The Morgan fingerprint density at radius 3 is 2.41 bits per heavy atom. The minimum Gasteiger partial charge on any atom is -0.444 e. The van der Waals surface area contributed by atoms with Crippen LogP contribution in [0.3, 0.4) is 0 Å². The van der Waals surface area contributed by atoms with Crippen molar-refractivity contribution in [1.29, 1.82) is 0 Å². The third kappa shape index (κ3) is 4.21. The Kier molecular flexibility index (Phi) is 4.71. The number of aliphatic hydroxyl groups excluding tert-OH is 1. The first-order chi connectivity index (χ1) is 10.3. The second kappa shape index (κ2) is 6.36. The number of fused-ring (bicyclic) bond motifs is 1. The molecule has 0 saturated carbocycles.